The standard InChI is InChI=1S/C18H19NOS/c20-16(10-13-19-11-4-5-12-19)18(17-9-6-14-21-17)15-7-2-1-3-8-15/h1-3,6-10,13-14,18H,4-5,11-12H2/b13-10-. The van der Waals surface area contributed by atoms with E-state index in [1.54, 1.807) is 17.4 Å². The second-order valence-electron chi connectivity index (χ2n) is 5.32. The number of hydrogen-bond donors (Lipinski definition) is 0. The van der Waals surface area contributed by atoms with Crippen LogP contribution in [0.5, 0.6) is 0 Å². The molecule has 108 valence electrons. The van der Waals surface area contributed by atoms with Crippen molar-refractivity contribution in [1.29, 1.82) is 0 Å². The number of thiophene rings is 1. The van der Waals surface area contributed by atoms with Crippen molar-refractivity contribution < 1.29 is 4.79 Å². The van der Waals surface area contributed by atoms with Crippen molar-refractivity contribution in [2.75, 3.05) is 13.1 Å². The average Bonchev–Trinajstić information content (AvgIpc) is 3.20. The van der Waals surface area contributed by atoms with E-state index >= 15 is 0 Å². The molecule has 1 aromatic carbocycles. The molecular weight excluding hydrogens is 278 g/mol. The van der Waals surface area contributed by atoms with Crippen molar-refractivity contribution in [2.24, 2.45) is 0 Å². The first kappa shape index (κ1) is 14.1. The lowest BCUT2D eigenvalue weighted by Gasteiger charge is -2.14. The van der Waals surface area contributed by atoms with Gasteiger partial charge in [0.15, 0.2) is 5.78 Å². The largest absolute Gasteiger partial charge is 0.377 e. The Hall–Kier alpha value is -1.87. The molecule has 0 saturated carbocycles. The van der Waals surface area contributed by atoms with Crippen molar-refractivity contribution in [3.05, 3.63) is 70.6 Å². The minimum Gasteiger partial charge on any atom is -0.377 e. The van der Waals surface area contributed by atoms with Crippen molar-refractivity contribution in [1.82, 2.24) is 4.90 Å². The molecule has 2 nitrogen and oxygen atoms in total. The highest BCUT2D eigenvalue weighted by atomic mass is 32.1. The third-order valence-corrected chi connectivity index (χ3v) is 4.77. The molecule has 1 unspecified atom stereocenters. The summed E-state index contributed by atoms with van der Waals surface area (Å²) in [7, 11) is 0. The first-order valence-corrected chi connectivity index (χ1v) is 8.27. The Kier molecular flexibility index (Phi) is 4.51. The van der Waals surface area contributed by atoms with Crippen LogP contribution in [0, 0.1) is 0 Å². The maximum Gasteiger partial charge on any atom is 0.169 e. The van der Waals surface area contributed by atoms with Gasteiger partial charge in [-0.2, -0.15) is 0 Å². The predicted octanol–water partition coefficient (Wildman–Crippen LogP) is 4.06. The van der Waals surface area contributed by atoms with Gasteiger partial charge in [-0.25, -0.2) is 0 Å². The maximum atomic E-state index is 12.7. The van der Waals surface area contributed by atoms with Crippen LogP contribution in [0.2, 0.25) is 0 Å². The summed E-state index contributed by atoms with van der Waals surface area (Å²) in [6, 6.07) is 14.1. The van der Waals surface area contributed by atoms with E-state index in [1.807, 2.05) is 54.0 Å². The second kappa shape index (κ2) is 6.72. The Morgan fingerprint density at radius 2 is 1.86 bits per heavy atom. The summed E-state index contributed by atoms with van der Waals surface area (Å²) in [4.78, 5) is 16.0. The highest BCUT2D eigenvalue weighted by Crippen LogP contribution is 2.29. The van der Waals surface area contributed by atoms with Crippen molar-refractivity contribution in [2.45, 2.75) is 18.8 Å². The van der Waals surface area contributed by atoms with E-state index in [2.05, 4.69) is 4.90 Å². The van der Waals surface area contributed by atoms with Crippen molar-refractivity contribution in [3.8, 4) is 0 Å². The molecule has 1 fully saturated rings. The number of allylic oxidation sites excluding steroid dienone is 1. The molecule has 0 amide bonds. The number of rotatable bonds is 5. The fraction of sp³-hybridized carbons (Fsp3) is 0.278. The van der Waals surface area contributed by atoms with Gasteiger partial charge in [0.2, 0.25) is 0 Å². The summed E-state index contributed by atoms with van der Waals surface area (Å²) in [5, 5.41) is 2.03. The number of benzene rings is 1. The molecule has 3 heteroatoms. The number of likely N-dealkylation sites (tertiary alicyclic amines) is 1. The number of carbonyl (C=O) groups excluding carboxylic acids is 1. The molecular formula is C18H19NOS. The molecule has 3 rings (SSSR count). The van der Waals surface area contributed by atoms with Crippen LogP contribution in [0.1, 0.15) is 29.2 Å². The van der Waals surface area contributed by atoms with Crippen LogP contribution in [0.25, 0.3) is 0 Å². The number of carbonyl (C=O) groups is 1. The fourth-order valence-electron chi connectivity index (χ4n) is 2.74. The highest BCUT2D eigenvalue weighted by Gasteiger charge is 2.21. The van der Waals surface area contributed by atoms with Crippen molar-refractivity contribution in [3.63, 3.8) is 0 Å². The van der Waals surface area contributed by atoms with Gasteiger partial charge < -0.3 is 4.90 Å². The Balaban J connectivity index is 1.83. The second-order valence-corrected chi connectivity index (χ2v) is 6.30. The smallest absolute Gasteiger partial charge is 0.169 e. The Labute approximate surface area is 129 Å². The van der Waals surface area contributed by atoms with Gasteiger partial charge in [0.25, 0.3) is 0 Å². The summed E-state index contributed by atoms with van der Waals surface area (Å²) in [6.45, 7) is 2.14. The first-order chi connectivity index (χ1) is 10.3. The fourth-order valence-corrected chi connectivity index (χ4v) is 3.60. The molecule has 1 atom stereocenters. The molecule has 0 aliphatic carbocycles. The predicted molar refractivity (Wildman–Crippen MR) is 87.6 cm³/mol. The minimum absolute atomic E-state index is 0.163. The molecule has 1 saturated heterocycles. The zero-order chi connectivity index (χ0) is 14.5. The summed E-state index contributed by atoms with van der Waals surface area (Å²) in [5.74, 6) is -0.0133. The zero-order valence-corrected chi connectivity index (χ0v) is 12.8. The van der Waals surface area contributed by atoms with Gasteiger partial charge in [0, 0.05) is 24.2 Å². The Morgan fingerprint density at radius 3 is 2.52 bits per heavy atom. The average molecular weight is 297 g/mol. The van der Waals surface area contributed by atoms with Crippen LogP contribution >= 0.6 is 11.3 Å². The van der Waals surface area contributed by atoms with E-state index in [-0.39, 0.29) is 11.7 Å². The number of hydrogen-bond acceptors (Lipinski definition) is 3. The molecule has 0 N–H and O–H groups in total. The first-order valence-electron chi connectivity index (χ1n) is 7.39. The van der Waals surface area contributed by atoms with Crippen LogP contribution in [0.15, 0.2) is 60.1 Å². The number of ketones is 1. The van der Waals surface area contributed by atoms with E-state index in [0.29, 0.717) is 0 Å². The molecule has 1 aromatic heterocycles. The molecule has 1 aliphatic rings. The number of nitrogens with zero attached hydrogens (tertiary/aromatic N) is 1. The van der Waals surface area contributed by atoms with Crippen LogP contribution in [-0.2, 0) is 4.79 Å². The van der Waals surface area contributed by atoms with Gasteiger partial charge in [-0.15, -0.1) is 11.3 Å². The molecule has 0 spiro atoms. The normalized spacial score (nSPS) is 16.5. The van der Waals surface area contributed by atoms with E-state index in [4.69, 9.17) is 0 Å². The van der Waals surface area contributed by atoms with Gasteiger partial charge in [0.1, 0.15) is 0 Å². The quantitative estimate of drug-likeness (QED) is 0.776. The van der Waals surface area contributed by atoms with E-state index in [1.165, 1.54) is 12.8 Å². The molecule has 0 bridgehead atoms. The van der Waals surface area contributed by atoms with Gasteiger partial charge in [-0.1, -0.05) is 36.4 Å². The molecule has 1 aliphatic heterocycles. The molecule has 2 aromatic rings. The molecule has 0 radical (unpaired) electrons. The lowest BCUT2D eigenvalue weighted by Crippen LogP contribution is -2.14. The van der Waals surface area contributed by atoms with Crippen LogP contribution < -0.4 is 0 Å². The van der Waals surface area contributed by atoms with Gasteiger partial charge in [0.05, 0.1) is 5.92 Å². The highest BCUT2D eigenvalue weighted by molar-refractivity contribution is 7.10. The monoisotopic (exact) mass is 297 g/mol. The zero-order valence-electron chi connectivity index (χ0n) is 11.9. The van der Waals surface area contributed by atoms with Gasteiger partial charge >= 0.3 is 0 Å². The third-order valence-electron chi connectivity index (χ3n) is 3.84. The Bertz CT molecular complexity index is 597. The summed E-state index contributed by atoms with van der Waals surface area (Å²) in [6.07, 6.45) is 6.18. The van der Waals surface area contributed by atoms with E-state index in [0.717, 1.165) is 23.5 Å². The summed E-state index contributed by atoms with van der Waals surface area (Å²) >= 11 is 1.64. The topological polar surface area (TPSA) is 20.3 Å². The summed E-state index contributed by atoms with van der Waals surface area (Å²) < 4.78 is 0. The van der Waals surface area contributed by atoms with E-state index in [9.17, 15) is 4.79 Å². The van der Waals surface area contributed by atoms with Crippen LogP contribution in [-0.4, -0.2) is 23.8 Å². The van der Waals surface area contributed by atoms with Crippen LogP contribution in [0.3, 0.4) is 0 Å². The summed E-state index contributed by atoms with van der Waals surface area (Å²) in [5.41, 5.74) is 1.07. The van der Waals surface area contributed by atoms with Gasteiger partial charge in [-0.05, 0) is 35.9 Å². The van der Waals surface area contributed by atoms with E-state index < -0.39 is 0 Å². The van der Waals surface area contributed by atoms with Crippen LogP contribution in [0.4, 0.5) is 0 Å². The lowest BCUT2D eigenvalue weighted by molar-refractivity contribution is -0.115. The molecule has 21 heavy (non-hydrogen) atoms. The maximum absolute atomic E-state index is 12.7. The van der Waals surface area contributed by atoms with Crippen molar-refractivity contribution >= 4 is 17.1 Å². The molecule has 2 heterocycles. The lowest BCUT2D eigenvalue weighted by atomic mass is 9.93. The minimum atomic E-state index is -0.176. The Morgan fingerprint density at radius 1 is 1.10 bits per heavy atom. The SMILES string of the molecule is O=C(/C=C\N1CCCC1)C(c1ccccc1)c1cccs1. The third kappa shape index (κ3) is 3.42. The van der Waals surface area contributed by atoms with Gasteiger partial charge in [-0.3, -0.25) is 4.79 Å².